The number of nitrogens with zero attached hydrogens (tertiary/aromatic N) is 1. The zero-order chi connectivity index (χ0) is 20.4. The van der Waals surface area contributed by atoms with E-state index in [9.17, 15) is 9.59 Å². The van der Waals surface area contributed by atoms with Crippen molar-refractivity contribution in [2.75, 3.05) is 0 Å². The largest absolute Gasteiger partial charge is 0.453 e. The summed E-state index contributed by atoms with van der Waals surface area (Å²) in [6.45, 7) is 5.29. The van der Waals surface area contributed by atoms with Crippen LogP contribution in [0.4, 0.5) is 4.79 Å². The number of carbonyl (C=O) groups is 2. The Morgan fingerprint density at radius 1 is 1.04 bits per heavy atom. The predicted octanol–water partition coefficient (Wildman–Crippen LogP) is 4.36. The standard InChI is InChI=1S/C22H26N2O4/c1-22(2,3)28-21(26)24-23-16-19(15-14-17-10-6-4-7-11-17)27-20(25)18-12-8-5-9-13-18/h4-13,16,19H,14-15H2,1-3H3,(H,24,26)/t19-/m1/s1. The molecule has 0 fully saturated rings. The van der Waals surface area contributed by atoms with Gasteiger partial charge >= 0.3 is 12.1 Å². The smallest absolute Gasteiger partial charge is 0.428 e. The van der Waals surface area contributed by atoms with Gasteiger partial charge in [-0.25, -0.2) is 15.0 Å². The molecule has 28 heavy (non-hydrogen) atoms. The number of hydrogen-bond donors (Lipinski definition) is 1. The minimum atomic E-state index is -0.667. The lowest BCUT2D eigenvalue weighted by Gasteiger charge is -2.18. The van der Waals surface area contributed by atoms with E-state index < -0.39 is 23.8 Å². The molecule has 1 atom stereocenters. The molecule has 148 valence electrons. The number of hydrazone groups is 1. The number of hydrogen-bond acceptors (Lipinski definition) is 5. The minimum Gasteiger partial charge on any atom is -0.453 e. The van der Waals surface area contributed by atoms with Gasteiger partial charge in [0.15, 0.2) is 0 Å². The Balaban J connectivity index is 1.99. The van der Waals surface area contributed by atoms with Crippen molar-refractivity contribution < 1.29 is 19.1 Å². The summed E-state index contributed by atoms with van der Waals surface area (Å²) in [4.78, 5) is 24.1. The number of aryl methyl sites for hydroxylation is 1. The maximum Gasteiger partial charge on any atom is 0.428 e. The number of amides is 1. The molecule has 0 aliphatic carbocycles. The van der Waals surface area contributed by atoms with Gasteiger partial charge in [0.05, 0.1) is 11.8 Å². The zero-order valence-corrected chi connectivity index (χ0v) is 16.4. The van der Waals surface area contributed by atoms with Gasteiger partial charge in [0.1, 0.15) is 11.7 Å². The molecule has 0 aliphatic heterocycles. The Labute approximate surface area is 165 Å². The van der Waals surface area contributed by atoms with Crippen molar-refractivity contribution in [3.63, 3.8) is 0 Å². The van der Waals surface area contributed by atoms with Gasteiger partial charge in [0.25, 0.3) is 0 Å². The molecule has 2 aromatic rings. The topological polar surface area (TPSA) is 77.0 Å². The summed E-state index contributed by atoms with van der Waals surface area (Å²) >= 11 is 0. The lowest BCUT2D eigenvalue weighted by molar-refractivity contribution is 0.0420. The van der Waals surface area contributed by atoms with Crippen molar-refractivity contribution in [1.82, 2.24) is 5.43 Å². The van der Waals surface area contributed by atoms with Gasteiger partial charge in [-0.2, -0.15) is 5.10 Å². The first kappa shape index (κ1) is 21.2. The molecule has 6 heteroatoms. The number of esters is 1. The molecule has 2 rings (SSSR count). The van der Waals surface area contributed by atoms with Crippen LogP contribution in [0.1, 0.15) is 43.1 Å². The molecule has 0 saturated carbocycles. The van der Waals surface area contributed by atoms with Crippen LogP contribution in [0.25, 0.3) is 0 Å². The Morgan fingerprint density at radius 3 is 2.25 bits per heavy atom. The molecule has 2 aromatic carbocycles. The van der Waals surface area contributed by atoms with E-state index in [2.05, 4.69) is 10.5 Å². The normalized spacial score (nSPS) is 12.4. The molecule has 0 radical (unpaired) electrons. The van der Waals surface area contributed by atoms with E-state index in [1.54, 1.807) is 45.0 Å². The third-order valence-electron chi connectivity index (χ3n) is 3.62. The molecule has 1 amide bonds. The number of nitrogens with one attached hydrogen (secondary N) is 1. The predicted molar refractivity (Wildman–Crippen MR) is 108 cm³/mol. The van der Waals surface area contributed by atoms with Crippen molar-refractivity contribution in [3.8, 4) is 0 Å². The SMILES string of the molecule is CC(C)(C)OC(=O)NN=C[C@@H](CCc1ccccc1)OC(=O)c1ccccc1. The van der Waals surface area contributed by atoms with Gasteiger partial charge in [-0.1, -0.05) is 48.5 Å². The maximum atomic E-state index is 12.4. The van der Waals surface area contributed by atoms with E-state index in [4.69, 9.17) is 9.47 Å². The summed E-state index contributed by atoms with van der Waals surface area (Å²) < 4.78 is 10.7. The summed E-state index contributed by atoms with van der Waals surface area (Å²) in [5.41, 5.74) is 3.26. The zero-order valence-electron chi connectivity index (χ0n) is 16.4. The summed E-state index contributed by atoms with van der Waals surface area (Å²) in [5, 5.41) is 3.89. The Bertz CT molecular complexity index is 783. The van der Waals surface area contributed by atoms with E-state index in [0.29, 0.717) is 18.4 Å². The first-order chi connectivity index (χ1) is 13.3. The second kappa shape index (κ2) is 10.3. The van der Waals surface area contributed by atoms with Gasteiger partial charge < -0.3 is 9.47 Å². The average Bonchev–Trinajstić information content (AvgIpc) is 2.66. The summed E-state index contributed by atoms with van der Waals surface area (Å²) in [6, 6.07) is 18.6. The molecular formula is C22H26N2O4. The van der Waals surface area contributed by atoms with Crippen molar-refractivity contribution in [2.24, 2.45) is 5.10 Å². The molecule has 1 N–H and O–H groups in total. The Morgan fingerprint density at radius 2 is 1.64 bits per heavy atom. The highest BCUT2D eigenvalue weighted by atomic mass is 16.6. The van der Waals surface area contributed by atoms with E-state index in [0.717, 1.165) is 5.56 Å². The van der Waals surface area contributed by atoms with Crippen molar-refractivity contribution in [1.29, 1.82) is 0 Å². The molecule has 6 nitrogen and oxygen atoms in total. The van der Waals surface area contributed by atoms with E-state index in [1.807, 2.05) is 36.4 Å². The molecule has 0 spiro atoms. The molecular weight excluding hydrogens is 356 g/mol. The van der Waals surface area contributed by atoms with Crippen molar-refractivity contribution in [3.05, 3.63) is 71.8 Å². The highest BCUT2D eigenvalue weighted by Crippen LogP contribution is 2.10. The van der Waals surface area contributed by atoms with Gasteiger partial charge in [0, 0.05) is 0 Å². The Hall–Kier alpha value is -3.15. The molecule has 0 unspecified atom stereocenters. The van der Waals surface area contributed by atoms with Gasteiger partial charge in [-0.15, -0.1) is 0 Å². The molecule has 0 bridgehead atoms. The molecule has 0 saturated heterocycles. The molecule has 0 heterocycles. The Kier molecular flexibility index (Phi) is 7.75. The van der Waals surface area contributed by atoms with Crippen LogP contribution in [-0.4, -0.2) is 30.0 Å². The second-order valence-electron chi connectivity index (χ2n) is 7.23. The van der Waals surface area contributed by atoms with Crippen LogP contribution >= 0.6 is 0 Å². The monoisotopic (exact) mass is 382 g/mol. The van der Waals surface area contributed by atoms with Crippen LogP contribution in [-0.2, 0) is 15.9 Å². The summed E-state index contributed by atoms with van der Waals surface area (Å²) in [6.07, 6.45) is 1.38. The van der Waals surface area contributed by atoms with Crippen LogP contribution in [0.2, 0.25) is 0 Å². The van der Waals surface area contributed by atoms with Crippen molar-refractivity contribution in [2.45, 2.75) is 45.3 Å². The van der Waals surface area contributed by atoms with Crippen LogP contribution in [0.5, 0.6) is 0 Å². The summed E-state index contributed by atoms with van der Waals surface area (Å²) in [7, 11) is 0. The number of rotatable bonds is 7. The number of carbonyl (C=O) groups excluding carboxylic acids is 2. The number of ether oxygens (including phenoxy) is 2. The fourth-order valence-electron chi connectivity index (χ4n) is 2.37. The lowest BCUT2D eigenvalue weighted by atomic mass is 10.1. The van der Waals surface area contributed by atoms with Gasteiger partial charge in [-0.05, 0) is 51.3 Å². The third-order valence-corrected chi connectivity index (χ3v) is 3.62. The quantitative estimate of drug-likeness (QED) is 0.439. The lowest BCUT2D eigenvalue weighted by Crippen LogP contribution is -2.30. The first-order valence-electron chi connectivity index (χ1n) is 9.15. The van der Waals surface area contributed by atoms with Crippen LogP contribution in [0.15, 0.2) is 65.8 Å². The first-order valence-corrected chi connectivity index (χ1v) is 9.15. The van der Waals surface area contributed by atoms with E-state index >= 15 is 0 Å². The van der Waals surface area contributed by atoms with Crippen LogP contribution in [0, 0.1) is 0 Å². The highest BCUT2D eigenvalue weighted by molar-refractivity contribution is 5.90. The van der Waals surface area contributed by atoms with Crippen molar-refractivity contribution >= 4 is 18.3 Å². The van der Waals surface area contributed by atoms with Gasteiger partial charge in [-0.3, -0.25) is 0 Å². The molecule has 0 aromatic heterocycles. The second-order valence-corrected chi connectivity index (χ2v) is 7.23. The summed E-state index contributed by atoms with van der Waals surface area (Å²) in [5.74, 6) is -0.442. The van der Waals surface area contributed by atoms with Gasteiger partial charge in [0.2, 0.25) is 0 Å². The van der Waals surface area contributed by atoms with Crippen LogP contribution < -0.4 is 5.43 Å². The van der Waals surface area contributed by atoms with Crippen LogP contribution in [0.3, 0.4) is 0 Å². The minimum absolute atomic E-state index is 0.442. The highest BCUT2D eigenvalue weighted by Gasteiger charge is 2.17. The average molecular weight is 382 g/mol. The maximum absolute atomic E-state index is 12.4. The molecule has 0 aliphatic rings. The third kappa shape index (κ3) is 8.03. The van der Waals surface area contributed by atoms with E-state index in [1.165, 1.54) is 6.21 Å². The number of benzene rings is 2. The fourth-order valence-corrected chi connectivity index (χ4v) is 2.37. The van der Waals surface area contributed by atoms with E-state index in [-0.39, 0.29) is 0 Å². The fraction of sp³-hybridized carbons (Fsp3) is 0.318.